The van der Waals surface area contributed by atoms with E-state index >= 15 is 0 Å². The Morgan fingerprint density at radius 2 is 2.10 bits per heavy atom. The van der Waals surface area contributed by atoms with E-state index < -0.39 is 0 Å². The summed E-state index contributed by atoms with van der Waals surface area (Å²) in [4.78, 5) is 6.73. The maximum Gasteiger partial charge on any atom is 0.191 e. The second-order valence-electron chi connectivity index (χ2n) is 5.85. The molecule has 2 aliphatic heterocycles. The third-order valence-corrected chi connectivity index (χ3v) is 4.15. The van der Waals surface area contributed by atoms with Gasteiger partial charge in [-0.15, -0.1) is 24.0 Å². The van der Waals surface area contributed by atoms with E-state index in [4.69, 9.17) is 19.9 Å². The fourth-order valence-electron chi connectivity index (χ4n) is 2.83. The van der Waals surface area contributed by atoms with Crippen LogP contribution in [0.3, 0.4) is 0 Å². The monoisotopic (exact) mass is 413 g/mol. The van der Waals surface area contributed by atoms with E-state index in [0.29, 0.717) is 25.7 Å². The number of hydrogen-bond donors (Lipinski definition) is 1. The van der Waals surface area contributed by atoms with Gasteiger partial charge in [0.1, 0.15) is 0 Å². The van der Waals surface area contributed by atoms with E-state index in [0.717, 1.165) is 39.1 Å². The van der Waals surface area contributed by atoms with Crippen molar-refractivity contribution in [2.45, 2.75) is 25.9 Å². The van der Waals surface area contributed by atoms with Crippen LogP contribution < -0.4 is 5.73 Å². The summed E-state index contributed by atoms with van der Waals surface area (Å²) in [5.74, 6) is 0.627. The Morgan fingerprint density at radius 3 is 2.71 bits per heavy atom. The van der Waals surface area contributed by atoms with Crippen LogP contribution in [0, 0.1) is 5.41 Å². The van der Waals surface area contributed by atoms with Crippen molar-refractivity contribution in [2.75, 3.05) is 53.2 Å². The lowest BCUT2D eigenvalue weighted by Gasteiger charge is -2.36. The molecule has 1 atom stereocenters. The molecule has 2 saturated heterocycles. The quantitative estimate of drug-likeness (QED) is 0.425. The number of hydrogen-bond acceptors (Lipinski definition) is 4. The van der Waals surface area contributed by atoms with Gasteiger partial charge in [-0.05, 0) is 19.8 Å². The van der Waals surface area contributed by atoms with Crippen molar-refractivity contribution in [2.24, 2.45) is 16.1 Å². The minimum Gasteiger partial charge on any atom is -0.384 e. The van der Waals surface area contributed by atoms with Gasteiger partial charge in [-0.3, -0.25) is 4.99 Å². The molecule has 2 rings (SSSR count). The van der Waals surface area contributed by atoms with Crippen LogP contribution >= 0.6 is 24.0 Å². The van der Waals surface area contributed by atoms with Gasteiger partial charge in [-0.2, -0.15) is 0 Å². The zero-order chi connectivity index (χ0) is 14.4. The number of halogens is 1. The largest absolute Gasteiger partial charge is 0.384 e. The molecule has 0 spiro atoms. The lowest BCUT2D eigenvalue weighted by molar-refractivity contribution is -0.0227. The fraction of sp³-hybridized carbons (Fsp3) is 0.929. The molecule has 0 aromatic rings. The number of methoxy groups -OCH3 is 1. The second kappa shape index (κ2) is 9.12. The third-order valence-electron chi connectivity index (χ3n) is 4.15. The lowest BCUT2D eigenvalue weighted by atomic mass is 9.81. The fourth-order valence-corrected chi connectivity index (χ4v) is 2.83. The van der Waals surface area contributed by atoms with Crippen molar-refractivity contribution in [1.82, 2.24) is 4.90 Å². The molecule has 0 amide bonds. The number of ether oxygens (including phenoxy) is 3. The van der Waals surface area contributed by atoms with Crippen LogP contribution in [0.2, 0.25) is 0 Å². The van der Waals surface area contributed by atoms with Crippen molar-refractivity contribution in [1.29, 1.82) is 0 Å². The van der Waals surface area contributed by atoms with Gasteiger partial charge in [0, 0.05) is 38.8 Å². The molecule has 0 aromatic carbocycles. The Hall–Kier alpha value is -0.120. The molecule has 124 valence electrons. The number of guanidine groups is 1. The highest BCUT2D eigenvalue weighted by Crippen LogP contribution is 2.31. The Kier molecular flexibility index (Phi) is 8.22. The average molecular weight is 413 g/mol. The lowest BCUT2D eigenvalue weighted by Crippen LogP contribution is -2.48. The smallest absolute Gasteiger partial charge is 0.191 e. The molecule has 0 aliphatic carbocycles. The first-order valence-corrected chi connectivity index (χ1v) is 7.38. The normalized spacial score (nSPS) is 26.3. The Balaban J connectivity index is 0.00000220. The number of rotatable bonds is 4. The van der Waals surface area contributed by atoms with Gasteiger partial charge < -0.3 is 24.8 Å². The minimum absolute atomic E-state index is 0. The molecule has 21 heavy (non-hydrogen) atoms. The van der Waals surface area contributed by atoms with Crippen molar-refractivity contribution < 1.29 is 14.2 Å². The Morgan fingerprint density at radius 1 is 1.38 bits per heavy atom. The Bertz CT molecular complexity index is 330. The molecule has 0 radical (unpaired) electrons. The summed E-state index contributed by atoms with van der Waals surface area (Å²) in [6.45, 7) is 7.41. The molecule has 2 N–H and O–H groups in total. The van der Waals surface area contributed by atoms with Gasteiger partial charge in [0.2, 0.25) is 0 Å². The van der Waals surface area contributed by atoms with Crippen molar-refractivity contribution in [3.05, 3.63) is 0 Å². The van der Waals surface area contributed by atoms with Crippen molar-refractivity contribution in [3.8, 4) is 0 Å². The molecule has 0 bridgehead atoms. The van der Waals surface area contributed by atoms with Gasteiger partial charge in [0.25, 0.3) is 0 Å². The zero-order valence-electron chi connectivity index (χ0n) is 13.0. The van der Waals surface area contributed by atoms with E-state index in [1.807, 2.05) is 0 Å². The van der Waals surface area contributed by atoms with Crippen LogP contribution in [0.1, 0.15) is 19.8 Å². The minimum atomic E-state index is 0. The molecule has 6 nitrogen and oxygen atoms in total. The van der Waals surface area contributed by atoms with Crippen molar-refractivity contribution in [3.63, 3.8) is 0 Å². The molecule has 7 heteroatoms. The topological polar surface area (TPSA) is 69.3 Å². The standard InChI is InChI=1S/C14H27N3O3.HI/c1-12-9-17(5-8-20-12)13(15)16-10-14(11-18-2)3-6-19-7-4-14;/h12H,3-11H2,1-2H3,(H2,15,16);1H. The van der Waals surface area contributed by atoms with Gasteiger partial charge >= 0.3 is 0 Å². The van der Waals surface area contributed by atoms with Gasteiger partial charge in [-0.1, -0.05) is 0 Å². The van der Waals surface area contributed by atoms with E-state index in [9.17, 15) is 0 Å². The summed E-state index contributed by atoms with van der Waals surface area (Å²) >= 11 is 0. The summed E-state index contributed by atoms with van der Waals surface area (Å²) in [5, 5.41) is 0. The van der Waals surface area contributed by atoms with Crippen LogP contribution in [0.4, 0.5) is 0 Å². The number of aliphatic imine (C=N–C) groups is 1. The highest BCUT2D eigenvalue weighted by molar-refractivity contribution is 14.0. The van der Waals surface area contributed by atoms with Crippen LogP contribution in [0.25, 0.3) is 0 Å². The van der Waals surface area contributed by atoms with E-state index in [2.05, 4.69) is 16.8 Å². The summed E-state index contributed by atoms with van der Waals surface area (Å²) < 4.78 is 16.3. The molecule has 2 heterocycles. The first kappa shape index (κ1) is 18.9. The molecule has 2 aliphatic rings. The first-order valence-electron chi connectivity index (χ1n) is 7.38. The molecular formula is C14H28IN3O3. The molecule has 2 fully saturated rings. The summed E-state index contributed by atoms with van der Waals surface area (Å²) in [5.41, 5.74) is 6.21. The van der Waals surface area contributed by atoms with E-state index in [-0.39, 0.29) is 35.5 Å². The van der Waals surface area contributed by atoms with Crippen LogP contribution in [-0.4, -0.2) is 70.1 Å². The number of nitrogens with two attached hydrogens (primary N) is 1. The maximum atomic E-state index is 6.13. The molecule has 0 saturated carbocycles. The molecule has 0 aromatic heterocycles. The average Bonchev–Trinajstić information content (AvgIpc) is 2.46. The van der Waals surface area contributed by atoms with Gasteiger partial charge in [0.15, 0.2) is 5.96 Å². The van der Waals surface area contributed by atoms with E-state index in [1.54, 1.807) is 7.11 Å². The Labute approximate surface area is 144 Å². The first-order chi connectivity index (χ1) is 9.65. The highest BCUT2D eigenvalue weighted by atomic mass is 127. The number of nitrogens with zero attached hydrogens (tertiary/aromatic N) is 2. The summed E-state index contributed by atoms with van der Waals surface area (Å²) in [6.07, 6.45) is 2.18. The van der Waals surface area contributed by atoms with Crippen LogP contribution in [0.5, 0.6) is 0 Å². The summed E-state index contributed by atoms with van der Waals surface area (Å²) in [6, 6.07) is 0. The maximum absolute atomic E-state index is 6.13. The van der Waals surface area contributed by atoms with Crippen LogP contribution in [-0.2, 0) is 14.2 Å². The second-order valence-corrected chi connectivity index (χ2v) is 5.85. The SMILES string of the molecule is COCC1(CN=C(N)N2CCOC(C)C2)CCOCC1.I. The van der Waals surface area contributed by atoms with Crippen LogP contribution in [0.15, 0.2) is 4.99 Å². The zero-order valence-corrected chi connectivity index (χ0v) is 15.4. The predicted molar refractivity (Wildman–Crippen MR) is 93.3 cm³/mol. The number of morpholine rings is 1. The van der Waals surface area contributed by atoms with Crippen molar-refractivity contribution >= 4 is 29.9 Å². The third kappa shape index (κ3) is 5.54. The molecule has 1 unspecified atom stereocenters. The summed E-state index contributed by atoms with van der Waals surface area (Å²) in [7, 11) is 1.74. The highest BCUT2D eigenvalue weighted by Gasteiger charge is 2.33. The van der Waals surface area contributed by atoms with E-state index in [1.165, 1.54) is 0 Å². The van der Waals surface area contributed by atoms with Gasteiger partial charge in [0.05, 0.1) is 25.9 Å². The molecular weight excluding hydrogens is 385 g/mol. The predicted octanol–water partition coefficient (Wildman–Crippen LogP) is 1.08. The van der Waals surface area contributed by atoms with Gasteiger partial charge in [-0.25, -0.2) is 0 Å².